The van der Waals surface area contributed by atoms with Crippen molar-refractivity contribution in [1.82, 2.24) is 0 Å². The number of carbonyl (C=O) groups excluding carboxylic acids is 2. The first kappa shape index (κ1) is 19.1. The number of hydrogen-bond acceptors (Lipinski definition) is 5. The number of fused-ring (bicyclic) bond motifs is 1. The summed E-state index contributed by atoms with van der Waals surface area (Å²) in [5.41, 5.74) is 2.45. The topological polar surface area (TPSA) is 85.6 Å². The molecule has 0 saturated heterocycles. The third-order valence-electron chi connectivity index (χ3n) is 4.03. The maximum atomic E-state index is 12.5. The van der Waals surface area contributed by atoms with Gasteiger partial charge in [0.1, 0.15) is 11.8 Å². The fourth-order valence-corrected chi connectivity index (χ4v) is 2.63. The molecule has 0 bridgehead atoms. The van der Waals surface area contributed by atoms with Crippen molar-refractivity contribution in [3.8, 4) is 0 Å². The molecule has 0 spiro atoms. The third kappa shape index (κ3) is 4.35. The van der Waals surface area contributed by atoms with E-state index in [2.05, 4.69) is 5.32 Å². The lowest BCUT2D eigenvalue weighted by Gasteiger charge is -2.04. The van der Waals surface area contributed by atoms with Gasteiger partial charge in [-0.1, -0.05) is 11.6 Å². The standard InChI is InChI=1S/C22H19NO5/c1-3-27-22(26)15-5-8-17(9-6-15)23-20(24)11-7-16-13-28-19-10-4-14(2)12-18(19)21(16)25/h4-13H,3H2,1-2H3,(H,23,24)/b11-7+. The van der Waals surface area contributed by atoms with Crippen molar-refractivity contribution in [2.75, 3.05) is 11.9 Å². The van der Waals surface area contributed by atoms with Crippen LogP contribution in [0.3, 0.4) is 0 Å². The normalized spacial score (nSPS) is 10.9. The molecule has 0 saturated carbocycles. The van der Waals surface area contributed by atoms with Gasteiger partial charge in [0.2, 0.25) is 5.91 Å². The first-order chi connectivity index (χ1) is 13.5. The van der Waals surface area contributed by atoms with Crippen LogP contribution in [0, 0.1) is 6.92 Å². The molecule has 3 aromatic rings. The molecule has 2 aromatic carbocycles. The average Bonchev–Trinajstić information content (AvgIpc) is 2.68. The van der Waals surface area contributed by atoms with Crippen molar-refractivity contribution in [2.24, 2.45) is 0 Å². The minimum absolute atomic E-state index is 0.201. The molecule has 0 fully saturated rings. The zero-order valence-corrected chi connectivity index (χ0v) is 15.5. The van der Waals surface area contributed by atoms with Gasteiger partial charge in [0.15, 0.2) is 5.43 Å². The molecule has 1 aromatic heterocycles. The molecule has 1 heterocycles. The largest absolute Gasteiger partial charge is 0.463 e. The molecule has 0 aliphatic rings. The summed E-state index contributed by atoms with van der Waals surface area (Å²) in [5, 5.41) is 3.14. The Bertz CT molecular complexity index is 1110. The molecule has 0 aliphatic carbocycles. The molecule has 0 aliphatic heterocycles. The maximum absolute atomic E-state index is 12.5. The maximum Gasteiger partial charge on any atom is 0.338 e. The van der Waals surface area contributed by atoms with Crippen molar-refractivity contribution in [1.29, 1.82) is 0 Å². The summed E-state index contributed by atoms with van der Waals surface area (Å²) >= 11 is 0. The van der Waals surface area contributed by atoms with Crippen LogP contribution < -0.4 is 10.7 Å². The summed E-state index contributed by atoms with van der Waals surface area (Å²) < 4.78 is 10.4. The van der Waals surface area contributed by atoms with E-state index in [0.29, 0.717) is 28.8 Å². The van der Waals surface area contributed by atoms with Crippen LogP contribution in [0.1, 0.15) is 28.4 Å². The van der Waals surface area contributed by atoms with Gasteiger partial charge in [-0.05, 0) is 56.3 Å². The van der Waals surface area contributed by atoms with E-state index >= 15 is 0 Å². The van der Waals surface area contributed by atoms with E-state index in [0.717, 1.165) is 5.56 Å². The highest BCUT2D eigenvalue weighted by molar-refractivity contribution is 6.02. The Kier molecular flexibility index (Phi) is 5.69. The van der Waals surface area contributed by atoms with Crippen molar-refractivity contribution in [3.63, 3.8) is 0 Å². The van der Waals surface area contributed by atoms with Crippen LogP contribution in [-0.2, 0) is 9.53 Å². The van der Waals surface area contributed by atoms with Crippen molar-refractivity contribution in [2.45, 2.75) is 13.8 Å². The van der Waals surface area contributed by atoms with Crippen molar-refractivity contribution < 1.29 is 18.7 Å². The lowest BCUT2D eigenvalue weighted by Crippen LogP contribution is -2.10. The number of anilines is 1. The molecule has 6 nitrogen and oxygen atoms in total. The molecular formula is C22H19NO5. The van der Waals surface area contributed by atoms with E-state index in [1.165, 1.54) is 18.4 Å². The summed E-state index contributed by atoms with van der Waals surface area (Å²) in [6, 6.07) is 11.7. The lowest BCUT2D eigenvalue weighted by atomic mass is 10.1. The number of esters is 1. The van der Waals surface area contributed by atoms with E-state index < -0.39 is 11.9 Å². The van der Waals surface area contributed by atoms with Crippen LogP contribution >= 0.6 is 0 Å². The number of benzene rings is 2. The van der Waals surface area contributed by atoms with E-state index in [9.17, 15) is 14.4 Å². The first-order valence-electron chi connectivity index (χ1n) is 8.76. The Labute approximate surface area is 161 Å². The second-order valence-electron chi connectivity index (χ2n) is 6.14. The predicted octanol–water partition coefficient (Wildman–Crippen LogP) is 3.93. The summed E-state index contributed by atoms with van der Waals surface area (Å²) in [7, 11) is 0. The monoisotopic (exact) mass is 377 g/mol. The fraction of sp³-hybridized carbons (Fsp3) is 0.136. The Morgan fingerprint density at radius 3 is 2.61 bits per heavy atom. The molecule has 142 valence electrons. The number of ether oxygens (including phenoxy) is 1. The first-order valence-corrected chi connectivity index (χ1v) is 8.76. The van der Waals surface area contributed by atoms with Crippen LogP contribution in [0.25, 0.3) is 17.0 Å². The summed E-state index contributed by atoms with van der Waals surface area (Å²) in [6.07, 6.45) is 4.00. The van der Waals surface area contributed by atoms with E-state index in [1.807, 2.05) is 13.0 Å². The molecule has 3 rings (SSSR count). The summed E-state index contributed by atoms with van der Waals surface area (Å²) in [4.78, 5) is 36.3. The van der Waals surface area contributed by atoms with Gasteiger partial charge in [-0.3, -0.25) is 9.59 Å². The number of amides is 1. The smallest absolute Gasteiger partial charge is 0.338 e. The Balaban J connectivity index is 1.72. The van der Waals surface area contributed by atoms with Crippen LogP contribution in [-0.4, -0.2) is 18.5 Å². The fourth-order valence-electron chi connectivity index (χ4n) is 2.63. The number of hydrogen-bond donors (Lipinski definition) is 1. The number of nitrogens with one attached hydrogen (secondary N) is 1. The Morgan fingerprint density at radius 2 is 1.89 bits per heavy atom. The zero-order valence-electron chi connectivity index (χ0n) is 15.5. The van der Waals surface area contributed by atoms with Gasteiger partial charge in [-0.15, -0.1) is 0 Å². The van der Waals surface area contributed by atoms with Crippen LogP contribution in [0.4, 0.5) is 5.69 Å². The average molecular weight is 377 g/mol. The van der Waals surface area contributed by atoms with E-state index in [1.54, 1.807) is 43.3 Å². The van der Waals surface area contributed by atoms with Crippen LogP contribution in [0.15, 0.2) is 64.0 Å². The number of aryl methyl sites for hydroxylation is 1. The highest BCUT2D eigenvalue weighted by atomic mass is 16.5. The second kappa shape index (κ2) is 8.35. The highest BCUT2D eigenvalue weighted by Gasteiger charge is 2.07. The summed E-state index contributed by atoms with van der Waals surface area (Å²) in [5.74, 6) is -0.828. The van der Waals surface area contributed by atoms with E-state index in [4.69, 9.17) is 9.15 Å². The van der Waals surface area contributed by atoms with Gasteiger partial charge in [0, 0.05) is 11.8 Å². The minimum atomic E-state index is -0.418. The van der Waals surface area contributed by atoms with Gasteiger partial charge in [-0.25, -0.2) is 4.79 Å². The van der Waals surface area contributed by atoms with Gasteiger partial charge < -0.3 is 14.5 Å². The Hall–Kier alpha value is -3.67. The van der Waals surface area contributed by atoms with Gasteiger partial charge >= 0.3 is 5.97 Å². The zero-order chi connectivity index (χ0) is 20.1. The lowest BCUT2D eigenvalue weighted by molar-refractivity contribution is -0.111. The van der Waals surface area contributed by atoms with Crippen LogP contribution in [0.5, 0.6) is 0 Å². The van der Waals surface area contributed by atoms with Crippen molar-refractivity contribution >= 4 is 34.6 Å². The number of carbonyl (C=O) groups is 2. The SMILES string of the molecule is CCOC(=O)c1ccc(NC(=O)/C=C/c2coc3ccc(C)cc3c2=O)cc1. The van der Waals surface area contributed by atoms with Gasteiger partial charge in [-0.2, -0.15) is 0 Å². The van der Waals surface area contributed by atoms with E-state index in [-0.39, 0.29) is 11.0 Å². The van der Waals surface area contributed by atoms with Crippen LogP contribution in [0.2, 0.25) is 0 Å². The van der Waals surface area contributed by atoms with Gasteiger partial charge in [0.25, 0.3) is 0 Å². The molecule has 1 amide bonds. The quantitative estimate of drug-likeness (QED) is 0.538. The molecule has 0 atom stereocenters. The molecule has 0 radical (unpaired) electrons. The highest BCUT2D eigenvalue weighted by Crippen LogP contribution is 2.14. The molecule has 1 N–H and O–H groups in total. The molecule has 28 heavy (non-hydrogen) atoms. The Morgan fingerprint density at radius 1 is 1.14 bits per heavy atom. The van der Waals surface area contributed by atoms with Gasteiger partial charge in [0.05, 0.1) is 23.1 Å². The molecule has 6 heteroatoms. The number of rotatable bonds is 5. The second-order valence-corrected chi connectivity index (χ2v) is 6.14. The predicted molar refractivity (Wildman–Crippen MR) is 107 cm³/mol. The summed E-state index contributed by atoms with van der Waals surface area (Å²) in [6.45, 7) is 3.92. The molecule has 0 unspecified atom stereocenters. The minimum Gasteiger partial charge on any atom is -0.463 e. The third-order valence-corrected chi connectivity index (χ3v) is 4.03. The van der Waals surface area contributed by atoms with Crippen molar-refractivity contribution in [3.05, 3.63) is 81.7 Å². The molecular weight excluding hydrogens is 358 g/mol.